The minimum Gasteiger partial charge on any atom is -0.120 e. The molecule has 0 amide bonds. The average Bonchev–Trinajstić information content (AvgIpc) is 1.95. The zero-order valence-electron chi connectivity index (χ0n) is 5.47. The lowest BCUT2D eigenvalue weighted by molar-refractivity contribution is 1.32. The highest BCUT2D eigenvalue weighted by atomic mass is 35.5. The Morgan fingerprint density at radius 2 is 1.90 bits per heavy atom. The molecule has 1 rings (SSSR count). The van der Waals surface area contributed by atoms with Crippen LogP contribution in [0.2, 0.25) is 5.02 Å². The zero-order valence-corrected chi connectivity index (χ0v) is 6.23. The first-order valence-corrected chi connectivity index (χ1v) is 3.38. The fourth-order valence-corrected chi connectivity index (χ4v) is 0.846. The number of benzene rings is 1. The van der Waals surface area contributed by atoms with Crippen molar-refractivity contribution < 1.29 is 0 Å². The summed E-state index contributed by atoms with van der Waals surface area (Å²) in [6.07, 6.45) is 5.79. The van der Waals surface area contributed by atoms with E-state index in [9.17, 15) is 0 Å². The second-order valence-corrected chi connectivity index (χ2v) is 2.44. The summed E-state index contributed by atoms with van der Waals surface area (Å²) < 4.78 is 0. The van der Waals surface area contributed by atoms with Crippen LogP contribution in [0.5, 0.6) is 0 Å². The highest BCUT2D eigenvalue weighted by Gasteiger charge is 1.87. The molecule has 0 aliphatic carbocycles. The van der Waals surface area contributed by atoms with Crippen LogP contribution in [-0.2, 0) is 6.42 Å². The highest BCUT2D eigenvalue weighted by Crippen LogP contribution is 2.09. The lowest BCUT2D eigenvalue weighted by Gasteiger charge is -1.92. The molecular weight excluding hydrogens is 144 g/mol. The molecule has 0 heterocycles. The summed E-state index contributed by atoms with van der Waals surface area (Å²) in [7, 11) is 0. The summed E-state index contributed by atoms with van der Waals surface area (Å²) in [5.74, 6) is 2.56. The lowest BCUT2D eigenvalue weighted by atomic mass is 10.2. The molecule has 1 aromatic carbocycles. The van der Waals surface area contributed by atoms with Crippen LogP contribution in [0.25, 0.3) is 0 Å². The van der Waals surface area contributed by atoms with Gasteiger partial charge in [-0.05, 0) is 17.7 Å². The molecule has 0 aliphatic rings. The van der Waals surface area contributed by atoms with E-state index >= 15 is 0 Å². The Hall–Kier alpha value is -0.930. The Kier molecular flexibility index (Phi) is 2.36. The zero-order chi connectivity index (χ0) is 7.40. The third-order valence-electron chi connectivity index (χ3n) is 1.22. The van der Waals surface area contributed by atoms with Crippen molar-refractivity contribution in [2.45, 2.75) is 6.42 Å². The third-order valence-corrected chi connectivity index (χ3v) is 1.47. The number of rotatable bonds is 1. The molecule has 0 unspecified atom stereocenters. The number of terminal acetylenes is 1. The monoisotopic (exact) mass is 150 g/mol. The molecule has 0 aliphatic heterocycles. The summed E-state index contributed by atoms with van der Waals surface area (Å²) in [4.78, 5) is 0. The molecule has 0 saturated carbocycles. The van der Waals surface area contributed by atoms with E-state index in [-0.39, 0.29) is 0 Å². The molecule has 0 N–H and O–H groups in total. The van der Waals surface area contributed by atoms with Gasteiger partial charge in [0.25, 0.3) is 0 Å². The Bertz CT molecular complexity index is 240. The van der Waals surface area contributed by atoms with E-state index in [4.69, 9.17) is 18.0 Å². The topological polar surface area (TPSA) is 0 Å². The first-order chi connectivity index (χ1) is 4.83. The van der Waals surface area contributed by atoms with Gasteiger partial charge in [0.05, 0.1) is 0 Å². The summed E-state index contributed by atoms with van der Waals surface area (Å²) in [5.41, 5.74) is 1.13. The summed E-state index contributed by atoms with van der Waals surface area (Å²) >= 11 is 5.66. The van der Waals surface area contributed by atoms with Gasteiger partial charge in [0.15, 0.2) is 0 Å². The molecule has 1 heteroatoms. The molecule has 0 saturated heterocycles. The van der Waals surface area contributed by atoms with Crippen molar-refractivity contribution >= 4 is 11.6 Å². The molecular formula is C9H7Cl. The van der Waals surface area contributed by atoms with Crippen LogP contribution in [0.1, 0.15) is 5.56 Å². The molecule has 50 valence electrons. The Morgan fingerprint density at radius 1 is 1.30 bits per heavy atom. The second-order valence-electron chi connectivity index (χ2n) is 2.01. The van der Waals surface area contributed by atoms with Gasteiger partial charge in [-0.15, -0.1) is 12.3 Å². The van der Waals surface area contributed by atoms with Crippen LogP contribution in [0.3, 0.4) is 0 Å². The molecule has 0 atom stereocenters. The van der Waals surface area contributed by atoms with E-state index in [1.807, 2.05) is 24.3 Å². The third kappa shape index (κ3) is 1.79. The number of hydrogen-bond donors (Lipinski definition) is 0. The first-order valence-electron chi connectivity index (χ1n) is 3.01. The van der Waals surface area contributed by atoms with Crippen LogP contribution in [0.4, 0.5) is 0 Å². The van der Waals surface area contributed by atoms with Crippen molar-refractivity contribution in [3.63, 3.8) is 0 Å². The van der Waals surface area contributed by atoms with E-state index in [2.05, 4.69) is 5.92 Å². The fraction of sp³-hybridized carbons (Fsp3) is 0.111. The molecule has 10 heavy (non-hydrogen) atoms. The minimum absolute atomic E-state index is 0.678. The van der Waals surface area contributed by atoms with Gasteiger partial charge in [0.1, 0.15) is 0 Å². The van der Waals surface area contributed by atoms with Crippen molar-refractivity contribution in [2.75, 3.05) is 0 Å². The van der Waals surface area contributed by atoms with Crippen molar-refractivity contribution in [1.29, 1.82) is 0 Å². The van der Waals surface area contributed by atoms with E-state index in [0.29, 0.717) is 6.42 Å². The molecule has 1 aromatic rings. The predicted octanol–water partition coefficient (Wildman–Crippen LogP) is 2.52. The van der Waals surface area contributed by atoms with Gasteiger partial charge in [0.2, 0.25) is 0 Å². The van der Waals surface area contributed by atoms with Crippen molar-refractivity contribution in [3.05, 3.63) is 34.9 Å². The van der Waals surface area contributed by atoms with Gasteiger partial charge in [-0.1, -0.05) is 23.7 Å². The van der Waals surface area contributed by atoms with Crippen LogP contribution >= 0.6 is 11.6 Å². The van der Waals surface area contributed by atoms with Crippen LogP contribution in [0, 0.1) is 12.3 Å². The maximum absolute atomic E-state index is 5.66. The molecule has 0 aromatic heterocycles. The van der Waals surface area contributed by atoms with Gasteiger partial charge < -0.3 is 0 Å². The number of halogens is 1. The van der Waals surface area contributed by atoms with Gasteiger partial charge in [0, 0.05) is 11.4 Å². The summed E-state index contributed by atoms with van der Waals surface area (Å²) in [5, 5.41) is 0.751. The molecule has 0 radical (unpaired) electrons. The Morgan fingerprint density at radius 3 is 2.40 bits per heavy atom. The van der Waals surface area contributed by atoms with Crippen LogP contribution in [0.15, 0.2) is 24.3 Å². The maximum Gasteiger partial charge on any atom is 0.0406 e. The normalized spacial score (nSPS) is 8.80. The van der Waals surface area contributed by atoms with E-state index in [1.54, 1.807) is 0 Å². The smallest absolute Gasteiger partial charge is 0.0406 e. The number of hydrogen-bond acceptors (Lipinski definition) is 0. The predicted molar refractivity (Wildman–Crippen MR) is 44.0 cm³/mol. The molecule has 0 bridgehead atoms. The van der Waals surface area contributed by atoms with E-state index in [0.717, 1.165) is 10.6 Å². The first kappa shape index (κ1) is 7.18. The van der Waals surface area contributed by atoms with Gasteiger partial charge in [-0.3, -0.25) is 0 Å². The SMILES string of the molecule is C#CCc1ccc(Cl)cc1. The molecule has 0 spiro atoms. The van der Waals surface area contributed by atoms with E-state index < -0.39 is 0 Å². The summed E-state index contributed by atoms with van der Waals surface area (Å²) in [6.45, 7) is 0. The Labute approximate surface area is 65.8 Å². The van der Waals surface area contributed by atoms with Crippen molar-refractivity contribution in [1.82, 2.24) is 0 Å². The van der Waals surface area contributed by atoms with Gasteiger partial charge >= 0.3 is 0 Å². The fourth-order valence-electron chi connectivity index (χ4n) is 0.720. The minimum atomic E-state index is 0.678. The summed E-state index contributed by atoms with van der Waals surface area (Å²) in [6, 6.07) is 7.55. The molecule has 0 fully saturated rings. The van der Waals surface area contributed by atoms with Crippen molar-refractivity contribution in [2.24, 2.45) is 0 Å². The van der Waals surface area contributed by atoms with Crippen molar-refractivity contribution in [3.8, 4) is 12.3 Å². The second kappa shape index (κ2) is 3.29. The largest absolute Gasteiger partial charge is 0.120 e. The average molecular weight is 151 g/mol. The van der Waals surface area contributed by atoms with Gasteiger partial charge in [-0.25, -0.2) is 0 Å². The molecule has 0 nitrogen and oxygen atoms in total. The maximum atomic E-state index is 5.66. The standard InChI is InChI=1S/C9H7Cl/c1-2-3-8-4-6-9(10)7-5-8/h1,4-7H,3H2. The Balaban J connectivity index is 2.81. The van der Waals surface area contributed by atoms with Gasteiger partial charge in [-0.2, -0.15) is 0 Å². The van der Waals surface area contributed by atoms with Crippen LogP contribution in [-0.4, -0.2) is 0 Å². The quantitative estimate of drug-likeness (QED) is 0.540. The highest BCUT2D eigenvalue weighted by molar-refractivity contribution is 6.30. The lowest BCUT2D eigenvalue weighted by Crippen LogP contribution is -1.78. The van der Waals surface area contributed by atoms with Crippen LogP contribution < -0.4 is 0 Å². The van der Waals surface area contributed by atoms with E-state index in [1.165, 1.54) is 0 Å².